The Morgan fingerprint density at radius 1 is 1.06 bits per heavy atom. The number of hydrogen-bond donors (Lipinski definition) is 0. The van der Waals surface area contributed by atoms with Crippen LogP contribution < -0.4 is 4.90 Å². The summed E-state index contributed by atoms with van der Waals surface area (Å²) in [6.45, 7) is 7.07. The van der Waals surface area contributed by atoms with Gasteiger partial charge in [-0.25, -0.2) is 13.4 Å². The number of pyridine rings is 1. The van der Waals surface area contributed by atoms with E-state index in [-0.39, 0.29) is 10.8 Å². The molecule has 0 aliphatic heterocycles. The minimum absolute atomic E-state index is 0.186. The number of fused-ring (bicyclic) bond motifs is 1. The van der Waals surface area contributed by atoms with Gasteiger partial charge in [0, 0.05) is 31.0 Å². The summed E-state index contributed by atoms with van der Waals surface area (Å²) in [5.41, 5.74) is 3.22. The van der Waals surface area contributed by atoms with E-state index < -0.39 is 10.0 Å². The molecular weight excluding hydrogens is 492 g/mol. The second-order valence-corrected chi connectivity index (χ2v) is 11.5. The Morgan fingerprint density at radius 3 is 2.50 bits per heavy atom. The fourth-order valence-electron chi connectivity index (χ4n) is 3.89. The molecule has 0 N–H and O–H groups in total. The zero-order valence-electron chi connectivity index (χ0n) is 20.7. The fourth-order valence-corrected chi connectivity index (χ4v) is 6.44. The fraction of sp³-hybridized carbons (Fsp3) is 0.296. The van der Waals surface area contributed by atoms with Gasteiger partial charge in [-0.2, -0.15) is 4.31 Å². The summed E-state index contributed by atoms with van der Waals surface area (Å²) in [5.74, 6) is -0.253. The van der Waals surface area contributed by atoms with Crippen LogP contribution in [0.4, 0.5) is 5.13 Å². The van der Waals surface area contributed by atoms with Crippen molar-refractivity contribution in [1.82, 2.24) is 14.3 Å². The van der Waals surface area contributed by atoms with Crippen molar-refractivity contribution in [2.45, 2.75) is 45.1 Å². The Hall–Kier alpha value is -3.14. The van der Waals surface area contributed by atoms with Crippen molar-refractivity contribution in [2.24, 2.45) is 0 Å². The number of carbonyl (C=O) groups excluding carboxylic acids is 1. The highest BCUT2D eigenvalue weighted by molar-refractivity contribution is 7.89. The zero-order chi connectivity index (χ0) is 25.7. The summed E-state index contributed by atoms with van der Waals surface area (Å²) in [4.78, 5) is 24.4. The van der Waals surface area contributed by atoms with Crippen molar-refractivity contribution in [2.75, 3.05) is 18.0 Å². The predicted octanol–water partition coefficient (Wildman–Crippen LogP) is 5.66. The Kier molecular flexibility index (Phi) is 8.13. The lowest BCUT2D eigenvalue weighted by Gasteiger charge is -2.21. The van der Waals surface area contributed by atoms with Crippen molar-refractivity contribution in [1.29, 1.82) is 0 Å². The van der Waals surface area contributed by atoms with Crippen LogP contribution in [0.1, 0.15) is 48.2 Å². The molecule has 0 saturated heterocycles. The number of unbranched alkanes of at least 4 members (excludes halogenated alkanes) is 1. The summed E-state index contributed by atoms with van der Waals surface area (Å²) >= 11 is 1.45. The number of carbonyl (C=O) groups is 1. The molecule has 188 valence electrons. The zero-order valence-corrected chi connectivity index (χ0v) is 22.3. The van der Waals surface area contributed by atoms with Crippen LogP contribution in [0.15, 0.2) is 71.9 Å². The molecule has 4 aromatic rings. The van der Waals surface area contributed by atoms with Crippen LogP contribution in [0.3, 0.4) is 0 Å². The van der Waals surface area contributed by atoms with Gasteiger partial charge in [0.25, 0.3) is 5.91 Å². The van der Waals surface area contributed by atoms with Gasteiger partial charge in [-0.05, 0) is 66.9 Å². The highest BCUT2D eigenvalue weighted by Crippen LogP contribution is 2.31. The van der Waals surface area contributed by atoms with Crippen molar-refractivity contribution in [3.05, 3.63) is 83.7 Å². The predicted molar refractivity (Wildman–Crippen MR) is 145 cm³/mol. The van der Waals surface area contributed by atoms with Gasteiger partial charge in [-0.15, -0.1) is 0 Å². The summed E-state index contributed by atoms with van der Waals surface area (Å²) in [5, 5.41) is 0.581. The molecule has 0 unspecified atom stereocenters. The second-order valence-electron chi connectivity index (χ2n) is 8.59. The molecule has 7 nitrogen and oxygen atoms in total. The third-order valence-electron chi connectivity index (χ3n) is 5.93. The van der Waals surface area contributed by atoms with E-state index in [2.05, 4.69) is 11.1 Å². The van der Waals surface area contributed by atoms with Crippen LogP contribution in [0.25, 0.3) is 10.2 Å². The van der Waals surface area contributed by atoms with E-state index in [4.69, 9.17) is 4.98 Å². The standard InChI is InChI=1S/C27H30N4O3S2/c1-4-6-16-30(5-2)36(33,34)23-12-10-22(11-13-23)26(32)31(19-21-8-7-15-28-18-21)27-29-24-14-9-20(3)17-25(24)35-27/h7-15,17-18H,4-6,16,19H2,1-3H3. The Labute approximate surface area is 216 Å². The maximum absolute atomic E-state index is 13.7. The van der Waals surface area contributed by atoms with Gasteiger partial charge in [0.15, 0.2) is 5.13 Å². The van der Waals surface area contributed by atoms with Crippen molar-refractivity contribution in [3.8, 4) is 0 Å². The first-order valence-corrected chi connectivity index (χ1v) is 14.3. The number of nitrogens with zero attached hydrogens (tertiary/aromatic N) is 4. The topological polar surface area (TPSA) is 83.5 Å². The molecule has 0 radical (unpaired) electrons. The Bertz CT molecular complexity index is 1440. The van der Waals surface area contributed by atoms with Crippen LogP contribution in [0, 0.1) is 6.92 Å². The maximum atomic E-state index is 13.7. The molecule has 2 aromatic heterocycles. The lowest BCUT2D eigenvalue weighted by molar-refractivity contribution is 0.0985. The van der Waals surface area contributed by atoms with E-state index in [0.29, 0.717) is 30.3 Å². The average Bonchev–Trinajstić information content (AvgIpc) is 3.31. The highest BCUT2D eigenvalue weighted by Gasteiger charge is 2.25. The van der Waals surface area contributed by atoms with Crippen LogP contribution in [0.5, 0.6) is 0 Å². The molecule has 4 rings (SSSR count). The molecule has 2 aromatic carbocycles. The molecule has 0 aliphatic rings. The molecule has 1 amide bonds. The normalized spacial score (nSPS) is 11.8. The van der Waals surface area contributed by atoms with Crippen molar-refractivity contribution >= 4 is 42.6 Å². The number of benzene rings is 2. The van der Waals surface area contributed by atoms with E-state index in [9.17, 15) is 13.2 Å². The van der Waals surface area contributed by atoms with Gasteiger partial charge >= 0.3 is 0 Å². The average molecular weight is 523 g/mol. The van der Waals surface area contributed by atoms with E-state index in [1.54, 1.807) is 29.4 Å². The third-order valence-corrected chi connectivity index (χ3v) is 8.95. The van der Waals surface area contributed by atoms with Crippen LogP contribution in [-0.2, 0) is 16.6 Å². The van der Waals surface area contributed by atoms with Crippen LogP contribution >= 0.6 is 11.3 Å². The Balaban J connectivity index is 1.66. The van der Waals surface area contributed by atoms with Crippen molar-refractivity contribution < 1.29 is 13.2 Å². The van der Waals surface area contributed by atoms with E-state index in [0.717, 1.165) is 34.2 Å². The molecule has 2 heterocycles. The quantitative estimate of drug-likeness (QED) is 0.268. The number of amides is 1. The van der Waals surface area contributed by atoms with Gasteiger partial charge in [-0.1, -0.05) is 43.7 Å². The SMILES string of the molecule is CCCCN(CC)S(=O)(=O)c1ccc(C(=O)N(Cc2cccnc2)c2nc3ccc(C)cc3s2)cc1. The third kappa shape index (κ3) is 5.64. The number of aryl methyl sites for hydroxylation is 1. The molecule has 36 heavy (non-hydrogen) atoms. The largest absolute Gasteiger partial charge is 0.279 e. The van der Waals surface area contributed by atoms with Gasteiger partial charge < -0.3 is 0 Å². The lowest BCUT2D eigenvalue weighted by atomic mass is 10.2. The summed E-state index contributed by atoms with van der Waals surface area (Å²) in [6, 6.07) is 15.9. The minimum atomic E-state index is -3.62. The number of anilines is 1. The number of hydrogen-bond acceptors (Lipinski definition) is 6. The molecular formula is C27H30N4O3S2. The monoisotopic (exact) mass is 522 g/mol. The molecule has 0 spiro atoms. The molecule has 9 heteroatoms. The molecule has 0 bridgehead atoms. The highest BCUT2D eigenvalue weighted by atomic mass is 32.2. The smallest absolute Gasteiger partial charge is 0.260 e. The summed E-state index contributed by atoms with van der Waals surface area (Å²) in [7, 11) is -3.62. The van der Waals surface area contributed by atoms with E-state index in [1.165, 1.54) is 27.8 Å². The first-order chi connectivity index (χ1) is 17.3. The van der Waals surface area contributed by atoms with Gasteiger partial charge in [0.05, 0.1) is 21.7 Å². The number of sulfonamides is 1. The molecule has 0 atom stereocenters. The van der Waals surface area contributed by atoms with Gasteiger partial charge in [-0.3, -0.25) is 14.7 Å². The van der Waals surface area contributed by atoms with Crippen molar-refractivity contribution in [3.63, 3.8) is 0 Å². The second kappa shape index (κ2) is 11.3. The van der Waals surface area contributed by atoms with Gasteiger partial charge in [0.2, 0.25) is 10.0 Å². The summed E-state index contributed by atoms with van der Waals surface area (Å²) in [6.07, 6.45) is 5.13. The molecule has 0 fully saturated rings. The Morgan fingerprint density at radius 2 is 1.83 bits per heavy atom. The molecule has 0 saturated carbocycles. The van der Waals surface area contributed by atoms with Crippen LogP contribution in [0.2, 0.25) is 0 Å². The number of thiazole rings is 1. The number of rotatable bonds is 10. The number of aromatic nitrogens is 2. The van der Waals surface area contributed by atoms with Crippen LogP contribution in [-0.4, -0.2) is 41.7 Å². The minimum Gasteiger partial charge on any atom is -0.279 e. The van der Waals surface area contributed by atoms with E-state index in [1.807, 2.05) is 45.0 Å². The molecule has 0 aliphatic carbocycles. The lowest BCUT2D eigenvalue weighted by Crippen LogP contribution is -2.32. The van der Waals surface area contributed by atoms with Gasteiger partial charge in [0.1, 0.15) is 0 Å². The van der Waals surface area contributed by atoms with E-state index >= 15 is 0 Å². The maximum Gasteiger partial charge on any atom is 0.260 e. The summed E-state index contributed by atoms with van der Waals surface area (Å²) < 4.78 is 28.7. The first kappa shape index (κ1) is 25.9. The first-order valence-electron chi connectivity index (χ1n) is 12.0.